The van der Waals surface area contributed by atoms with E-state index in [-0.39, 0.29) is 43.1 Å². The number of amidine groups is 2. The van der Waals surface area contributed by atoms with Gasteiger partial charge in [0, 0.05) is 13.1 Å². The summed E-state index contributed by atoms with van der Waals surface area (Å²) in [6.45, 7) is 5.15. The van der Waals surface area contributed by atoms with Crippen molar-refractivity contribution in [1.82, 2.24) is 10.2 Å². The van der Waals surface area contributed by atoms with Crippen LogP contribution in [0.5, 0.6) is 5.75 Å². The Morgan fingerprint density at radius 2 is 1.67 bits per heavy atom. The zero-order valence-electron chi connectivity index (χ0n) is 18.9. The van der Waals surface area contributed by atoms with E-state index in [0.717, 1.165) is 24.3 Å². The van der Waals surface area contributed by atoms with Crippen molar-refractivity contribution < 1.29 is 4.74 Å². The second-order valence-corrected chi connectivity index (χ2v) is 7.68. The number of nitrogens with zero attached hydrogens (tertiary/aromatic N) is 2. The van der Waals surface area contributed by atoms with Crippen molar-refractivity contribution >= 4 is 48.9 Å². The molecular formula is C24H36Cl3N5O. The Morgan fingerprint density at radius 3 is 2.36 bits per heavy atom. The summed E-state index contributed by atoms with van der Waals surface area (Å²) in [4.78, 5) is 6.95. The third-order valence-electron chi connectivity index (χ3n) is 5.15. The highest BCUT2D eigenvalue weighted by atomic mass is 35.5. The molecule has 4 N–H and O–H groups in total. The van der Waals surface area contributed by atoms with Gasteiger partial charge in [-0.3, -0.25) is 15.3 Å². The van der Waals surface area contributed by atoms with Gasteiger partial charge in [0.2, 0.25) is 0 Å². The van der Waals surface area contributed by atoms with E-state index in [9.17, 15) is 0 Å². The molecule has 6 nitrogen and oxygen atoms in total. The molecule has 0 radical (unpaired) electrons. The fourth-order valence-electron chi connectivity index (χ4n) is 3.57. The average Bonchev–Trinajstić information content (AvgIpc) is 2.77. The highest BCUT2D eigenvalue weighted by Crippen LogP contribution is 2.17. The van der Waals surface area contributed by atoms with E-state index in [1.54, 1.807) is 0 Å². The lowest BCUT2D eigenvalue weighted by Crippen LogP contribution is -2.37. The minimum absolute atomic E-state index is 0. The predicted octanol–water partition coefficient (Wildman–Crippen LogP) is 4.83. The van der Waals surface area contributed by atoms with Crippen molar-refractivity contribution in [3.8, 4) is 5.75 Å². The second-order valence-electron chi connectivity index (χ2n) is 7.68. The van der Waals surface area contributed by atoms with Crippen molar-refractivity contribution in [3.63, 3.8) is 0 Å². The number of benzene rings is 2. The van der Waals surface area contributed by atoms with E-state index in [4.69, 9.17) is 15.9 Å². The standard InChI is InChI=1S/C24H33N5O.3ClH/c25-23(26)24(28-18-20-9-3-1-4-10-20)27-13-8-16-30-22-12-7-11-21(17-22)19-29-14-5-2-6-15-29;;;/h1,3-4,7,9-12,17H,2,5-6,8,13-16,18-19H2,(H3,25,26)(H,27,28);3*1H. The van der Waals surface area contributed by atoms with E-state index >= 15 is 0 Å². The number of rotatable bonds is 9. The Kier molecular flexibility index (Phi) is 16.4. The van der Waals surface area contributed by atoms with Crippen molar-refractivity contribution in [2.75, 3.05) is 26.2 Å². The van der Waals surface area contributed by atoms with Crippen molar-refractivity contribution in [2.24, 2.45) is 10.7 Å². The minimum atomic E-state index is -0.0442. The number of likely N-dealkylation sites (tertiary alicyclic amines) is 1. The molecule has 0 amide bonds. The highest BCUT2D eigenvalue weighted by molar-refractivity contribution is 6.38. The van der Waals surface area contributed by atoms with Crippen LogP contribution in [-0.2, 0) is 13.1 Å². The molecule has 0 aromatic heterocycles. The summed E-state index contributed by atoms with van der Waals surface area (Å²) in [5, 5.41) is 10.9. The molecule has 0 unspecified atom stereocenters. The van der Waals surface area contributed by atoms with Crippen LogP contribution in [0, 0.1) is 5.41 Å². The highest BCUT2D eigenvalue weighted by Gasteiger charge is 2.10. The van der Waals surface area contributed by atoms with Crippen molar-refractivity contribution in [3.05, 3.63) is 65.7 Å². The first-order valence-electron chi connectivity index (χ1n) is 10.8. The zero-order chi connectivity index (χ0) is 21.0. The van der Waals surface area contributed by atoms with Crippen LogP contribution in [0.4, 0.5) is 0 Å². The molecule has 0 bridgehead atoms. The molecule has 0 saturated carbocycles. The molecule has 1 aliphatic heterocycles. The van der Waals surface area contributed by atoms with Crippen molar-refractivity contribution in [1.29, 1.82) is 5.41 Å². The monoisotopic (exact) mass is 515 g/mol. The smallest absolute Gasteiger partial charge is 0.164 e. The van der Waals surface area contributed by atoms with Gasteiger partial charge in [0.05, 0.1) is 13.2 Å². The molecule has 2 aromatic carbocycles. The molecule has 1 heterocycles. The maximum Gasteiger partial charge on any atom is 0.164 e. The first kappa shape index (κ1) is 31.0. The number of nitrogens with two attached hydrogens (primary N) is 1. The summed E-state index contributed by atoms with van der Waals surface area (Å²) in [7, 11) is 0. The molecule has 1 aliphatic rings. The molecule has 0 spiro atoms. The number of hydrogen-bond donors (Lipinski definition) is 3. The molecule has 9 heteroatoms. The lowest BCUT2D eigenvalue weighted by molar-refractivity contribution is 0.220. The van der Waals surface area contributed by atoms with Crippen LogP contribution in [0.2, 0.25) is 0 Å². The second kappa shape index (κ2) is 17.5. The van der Waals surface area contributed by atoms with Gasteiger partial charge in [-0.15, -0.1) is 37.2 Å². The van der Waals surface area contributed by atoms with Crippen LogP contribution in [0.25, 0.3) is 0 Å². The van der Waals surface area contributed by atoms with Gasteiger partial charge in [0.25, 0.3) is 0 Å². The van der Waals surface area contributed by atoms with Crippen LogP contribution in [0.3, 0.4) is 0 Å². The van der Waals surface area contributed by atoms with Gasteiger partial charge in [0.15, 0.2) is 11.7 Å². The fourth-order valence-corrected chi connectivity index (χ4v) is 3.57. The summed E-state index contributed by atoms with van der Waals surface area (Å²) < 4.78 is 5.92. The third-order valence-corrected chi connectivity index (χ3v) is 5.15. The lowest BCUT2D eigenvalue weighted by Gasteiger charge is -2.26. The summed E-state index contributed by atoms with van der Waals surface area (Å²) in [5.74, 6) is 1.30. The number of piperidine rings is 1. The molecule has 2 aromatic rings. The lowest BCUT2D eigenvalue weighted by atomic mass is 10.1. The van der Waals surface area contributed by atoms with E-state index in [1.807, 2.05) is 36.4 Å². The van der Waals surface area contributed by atoms with Crippen LogP contribution >= 0.6 is 37.2 Å². The van der Waals surface area contributed by atoms with Gasteiger partial charge >= 0.3 is 0 Å². The van der Waals surface area contributed by atoms with Crippen LogP contribution in [-0.4, -0.2) is 42.8 Å². The number of hydrogen-bond acceptors (Lipinski definition) is 4. The maximum atomic E-state index is 7.71. The zero-order valence-corrected chi connectivity index (χ0v) is 21.3. The molecule has 184 valence electrons. The number of halogens is 3. The van der Waals surface area contributed by atoms with E-state index in [0.29, 0.717) is 25.5 Å². The Hall–Kier alpha value is -1.99. The summed E-state index contributed by atoms with van der Waals surface area (Å²) >= 11 is 0. The van der Waals surface area contributed by atoms with Crippen LogP contribution < -0.4 is 15.8 Å². The fraction of sp³-hybridized carbons (Fsp3) is 0.417. The van der Waals surface area contributed by atoms with Crippen LogP contribution in [0.15, 0.2) is 59.6 Å². The quantitative estimate of drug-likeness (QED) is 0.253. The number of ether oxygens (including phenoxy) is 1. The Balaban J connectivity index is 0.00000341. The SMILES string of the molecule is Cl.Cl.Cl.N=C(N)C(=NCc1ccccc1)NCCCOc1cccc(CN2CCCCC2)c1. The topological polar surface area (TPSA) is 86.7 Å². The molecule has 33 heavy (non-hydrogen) atoms. The normalized spacial score (nSPS) is 13.6. The van der Waals surface area contributed by atoms with Gasteiger partial charge in [-0.1, -0.05) is 48.9 Å². The molecule has 1 saturated heterocycles. The van der Waals surface area contributed by atoms with Gasteiger partial charge in [0.1, 0.15) is 5.75 Å². The van der Waals surface area contributed by atoms with Gasteiger partial charge in [-0.05, 0) is 55.6 Å². The third kappa shape index (κ3) is 11.6. The predicted molar refractivity (Wildman–Crippen MR) is 145 cm³/mol. The van der Waals surface area contributed by atoms with Gasteiger partial charge < -0.3 is 15.8 Å². The molecule has 3 rings (SSSR count). The maximum absolute atomic E-state index is 7.71. The Bertz CT molecular complexity index is 830. The van der Waals surface area contributed by atoms with Crippen LogP contribution in [0.1, 0.15) is 36.8 Å². The molecule has 0 aliphatic carbocycles. The summed E-state index contributed by atoms with van der Waals surface area (Å²) in [6.07, 6.45) is 4.77. The van der Waals surface area contributed by atoms with E-state index < -0.39 is 0 Å². The number of aliphatic imine (C=N–C) groups is 1. The van der Waals surface area contributed by atoms with E-state index in [2.05, 4.69) is 33.4 Å². The first-order chi connectivity index (χ1) is 14.7. The first-order valence-corrected chi connectivity index (χ1v) is 10.8. The minimum Gasteiger partial charge on any atom is -0.494 e. The largest absolute Gasteiger partial charge is 0.494 e. The Labute approximate surface area is 216 Å². The van der Waals surface area contributed by atoms with Gasteiger partial charge in [-0.2, -0.15) is 0 Å². The number of nitrogens with one attached hydrogen (secondary N) is 2. The van der Waals surface area contributed by atoms with E-state index in [1.165, 1.54) is 37.9 Å². The molecule has 0 atom stereocenters. The summed E-state index contributed by atoms with van der Waals surface area (Å²) in [5.41, 5.74) is 8.05. The Morgan fingerprint density at radius 1 is 0.970 bits per heavy atom. The van der Waals surface area contributed by atoms with Crippen molar-refractivity contribution in [2.45, 2.75) is 38.8 Å². The summed E-state index contributed by atoms with van der Waals surface area (Å²) in [6, 6.07) is 18.3. The molecule has 1 fully saturated rings. The molecular weight excluding hydrogens is 481 g/mol. The average molecular weight is 517 g/mol. The van der Waals surface area contributed by atoms with Gasteiger partial charge in [-0.25, -0.2) is 0 Å².